The van der Waals surface area contributed by atoms with Crippen molar-refractivity contribution < 1.29 is 13.6 Å². The number of amides is 1. The van der Waals surface area contributed by atoms with Gasteiger partial charge in [-0.1, -0.05) is 11.6 Å². The number of hydrogen-bond donors (Lipinski definition) is 2. The van der Waals surface area contributed by atoms with Gasteiger partial charge in [0, 0.05) is 60.9 Å². The number of nitrogens with zero attached hydrogens (tertiary/aromatic N) is 2. The number of hydrogen-bond acceptors (Lipinski definition) is 4. The fourth-order valence-corrected chi connectivity index (χ4v) is 4.47. The Bertz CT molecular complexity index is 1300. The summed E-state index contributed by atoms with van der Waals surface area (Å²) in [7, 11) is 0. The van der Waals surface area contributed by atoms with Crippen molar-refractivity contribution in [1.29, 1.82) is 0 Å². The number of benzene rings is 2. The van der Waals surface area contributed by atoms with E-state index < -0.39 is 23.0 Å². The molecule has 2 N–H and O–H groups in total. The molecule has 0 atom stereocenters. The summed E-state index contributed by atoms with van der Waals surface area (Å²) in [5, 5.41) is 6.35. The number of rotatable bonds is 5. The lowest BCUT2D eigenvalue weighted by Crippen LogP contribution is -2.44. The second-order valence-corrected chi connectivity index (χ2v) is 8.92. The van der Waals surface area contributed by atoms with Crippen molar-refractivity contribution in [3.05, 3.63) is 74.5 Å². The van der Waals surface area contributed by atoms with E-state index in [0.717, 1.165) is 25.9 Å². The first-order valence-electron chi connectivity index (χ1n) is 11.0. The van der Waals surface area contributed by atoms with Crippen molar-refractivity contribution in [2.75, 3.05) is 31.1 Å². The SMILES string of the molecule is O=C(NCc1cc(Cl)ccc1F)c1cn(C2CC2)c2cc(N3CCNCC3)c(F)cc2c1=O. The van der Waals surface area contributed by atoms with Crippen molar-refractivity contribution in [3.63, 3.8) is 0 Å². The number of anilines is 1. The lowest BCUT2D eigenvalue weighted by atomic mass is 10.1. The van der Waals surface area contributed by atoms with Crippen LogP contribution in [0, 0.1) is 11.6 Å². The van der Waals surface area contributed by atoms with Crippen LogP contribution in [-0.2, 0) is 6.54 Å². The van der Waals surface area contributed by atoms with Crippen LogP contribution in [0.2, 0.25) is 5.02 Å². The van der Waals surface area contributed by atoms with Gasteiger partial charge in [0.25, 0.3) is 5.91 Å². The van der Waals surface area contributed by atoms with Crippen LogP contribution >= 0.6 is 11.6 Å². The van der Waals surface area contributed by atoms with Gasteiger partial charge in [0.15, 0.2) is 0 Å². The highest BCUT2D eigenvalue weighted by Crippen LogP contribution is 2.38. The van der Waals surface area contributed by atoms with Crippen LogP contribution in [0.4, 0.5) is 14.5 Å². The molecule has 2 heterocycles. The summed E-state index contributed by atoms with van der Waals surface area (Å²) in [5.74, 6) is -1.62. The lowest BCUT2D eigenvalue weighted by molar-refractivity contribution is 0.0949. The number of nitrogens with one attached hydrogen (secondary N) is 2. The molecule has 2 fully saturated rings. The number of piperazine rings is 1. The Labute approximate surface area is 194 Å². The summed E-state index contributed by atoms with van der Waals surface area (Å²) < 4.78 is 31.0. The average Bonchev–Trinajstić information content (AvgIpc) is 3.65. The normalized spacial score (nSPS) is 16.3. The quantitative estimate of drug-likeness (QED) is 0.595. The van der Waals surface area contributed by atoms with Gasteiger partial charge in [-0.05, 0) is 43.2 Å². The van der Waals surface area contributed by atoms with E-state index in [1.807, 2.05) is 9.47 Å². The number of pyridine rings is 1. The third-order valence-electron chi connectivity index (χ3n) is 6.19. The Morgan fingerprint density at radius 3 is 2.61 bits per heavy atom. The molecule has 1 saturated heterocycles. The minimum absolute atomic E-state index is 0.0915. The van der Waals surface area contributed by atoms with Gasteiger partial charge in [0.1, 0.15) is 17.2 Å². The highest BCUT2D eigenvalue weighted by Gasteiger charge is 2.28. The molecule has 0 spiro atoms. The van der Waals surface area contributed by atoms with Gasteiger partial charge in [0.2, 0.25) is 5.43 Å². The maximum Gasteiger partial charge on any atom is 0.257 e. The molecule has 5 rings (SSSR count). The molecule has 0 radical (unpaired) electrons. The Hall–Kier alpha value is -2.97. The zero-order valence-corrected chi connectivity index (χ0v) is 18.6. The molecule has 3 aromatic rings. The molecule has 172 valence electrons. The summed E-state index contributed by atoms with van der Waals surface area (Å²) in [6, 6.07) is 7.18. The second-order valence-electron chi connectivity index (χ2n) is 8.49. The topological polar surface area (TPSA) is 66.4 Å². The standard InChI is InChI=1S/C24H23ClF2N4O2/c25-15-1-4-19(26)14(9-15)12-29-24(33)18-13-31(16-2-3-16)21-11-22(30-7-5-28-6-8-30)20(27)10-17(21)23(18)32/h1,4,9-11,13,16,28H,2-3,5-8,12H2,(H,29,33). The monoisotopic (exact) mass is 472 g/mol. The zero-order chi connectivity index (χ0) is 23.1. The number of carbonyl (C=O) groups is 1. The molecule has 1 aliphatic heterocycles. The minimum Gasteiger partial charge on any atom is -0.367 e. The number of halogens is 3. The van der Waals surface area contributed by atoms with Crippen LogP contribution in [0.15, 0.2) is 41.3 Å². The summed E-state index contributed by atoms with van der Waals surface area (Å²) in [4.78, 5) is 28.0. The minimum atomic E-state index is -0.637. The maximum atomic E-state index is 15.1. The predicted molar refractivity (Wildman–Crippen MR) is 124 cm³/mol. The summed E-state index contributed by atoms with van der Waals surface area (Å²) in [6.45, 7) is 2.76. The fourth-order valence-electron chi connectivity index (χ4n) is 4.27. The summed E-state index contributed by atoms with van der Waals surface area (Å²) >= 11 is 5.91. The first kappa shape index (κ1) is 21.9. The molecule has 2 aromatic carbocycles. The van der Waals surface area contributed by atoms with E-state index in [2.05, 4.69) is 10.6 Å². The van der Waals surface area contributed by atoms with E-state index in [1.165, 1.54) is 24.3 Å². The van der Waals surface area contributed by atoms with Gasteiger partial charge >= 0.3 is 0 Å². The molecular weight excluding hydrogens is 450 g/mol. The third kappa shape index (κ3) is 4.32. The Balaban J connectivity index is 1.52. The molecule has 33 heavy (non-hydrogen) atoms. The van der Waals surface area contributed by atoms with Crippen LogP contribution in [0.3, 0.4) is 0 Å². The predicted octanol–water partition coefficient (Wildman–Crippen LogP) is 3.61. The van der Waals surface area contributed by atoms with Crippen LogP contribution in [0.25, 0.3) is 10.9 Å². The summed E-state index contributed by atoms with van der Waals surface area (Å²) in [5.41, 5.74) is 0.662. The van der Waals surface area contributed by atoms with Crippen LogP contribution in [-0.4, -0.2) is 36.7 Å². The molecule has 1 amide bonds. The largest absolute Gasteiger partial charge is 0.367 e. The van der Waals surface area contributed by atoms with E-state index in [9.17, 15) is 14.0 Å². The van der Waals surface area contributed by atoms with E-state index >= 15 is 4.39 Å². The van der Waals surface area contributed by atoms with E-state index in [0.29, 0.717) is 29.3 Å². The number of fused-ring (bicyclic) bond motifs is 1. The van der Waals surface area contributed by atoms with Crippen molar-refractivity contribution in [2.45, 2.75) is 25.4 Å². The van der Waals surface area contributed by atoms with Gasteiger partial charge < -0.3 is 20.1 Å². The molecule has 0 unspecified atom stereocenters. The fraction of sp³-hybridized carbons (Fsp3) is 0.333. The molecule has 9 heteroatoms. The van der Waals surface area contributed by atoms with Crippen LogP contribution in [0.5, 0.6) is 0 Å². The maximum absolute atomic E-state index is 15.1. The van der Waals surface area contributed by atoms with Crippen molar-refractivity contribution in [3.8, 4) is 0 Å². The first-order valence-corrected chi connectivity index (χ1v) is 11.4. The average molecular weight is 473 g/mol. The molecular formula is C24H23ClF2N4O2. The van der Waals surface area contributed by atoms with E-state index in [-0.39, 0.29) is 29.1 Å². The summed E-state index contributed by atoms with van der Waals surface area (Å²) in [6.07, 6.45) is 3.39. The molecule has 1 aromatic heterocycles. The van der Waals surface area contributed by atoms with E-state index in [4.69, 9.17) is 11.6 Å². The number of carbonyl (C=O) groups excluding carboxylic acids is 1. The van der Waals surface area contributed by atoms with Crippen molar-refractivity contribution in [2.24, 2.45) is 0 Å². The Kier molecular flexibility index (Phi) is 5.80. The van der Waals surface area contributed by atoms with Gasteiger partial charge in [0.05, 0.1) is 11.2 Å². The highest BCUT2D eigenvalue weighted by atomic mass is 35.5. The number of aromatic nitrogens is 1. The van der Waals surface area contributed by atoms with Gasteiger partial charge in [-0.2, -0.15) is 0 Å². The molecule has 1 aliphatic carbocycles. The first-order chi connectivity index (χ1) is 15.9. The lowest BCUT2D eigenvalue weighted by Gasteiger charge is -2.30. The molecule has 0 bridgehead atoms. The zero-order valence-electron chi connectivity index (χ0n) is 17.8. The highest BCUT2D eigenvalue weighted by molar-refractivity contribution is 6.30. The van der Waals surface area contributed by atoms with Crippen molar-refractivity contribution in [1.82, 2.24) is 15.2 Å². The molecule has 2 aliphatic rings. The van der Waals surface area contributed by atoms with E-state index in [1.54, 1.807) is 12.3 Å². The van der Waals surface area contributed by atoms with Gasteiger partial charge in [-0.3, -0.25) is 9.59 Å². The molecule has 6 nitrogen and oxygen atoms in total. The Morgan fingerprint density at radius 2 is 1.88 bits per heavy atom. The van der Waals surface area contributed by atoms with Crippen LogP contribution in [0.1, 0.15) is 34.8 Å². The second kappa shape index (κ2) is 8.76. The van der Waals surface area contributed by atoms with Crippen molar-refractivity contribution >= 4 is 34.1 Å². The smallest absolute Gasteiger partial charge is 0.257 e. The Morgan fingerprint density at radius 1 is 1.12 bits per heavy atom. The molecule has 1 saturated carbocycles. The van der Waals surface area contributed by atoms with Crippen LogP contribution < -0.4 is 21.0 Å². The third-order valence-corrected chi connectivity index (χ3v) is 6.43. The van der Waals surface area contributed by atoms with Gasteiger partial charge in [-0.25, -0.2) is 8.78 Å². The van der Waals surface area contributed by atoms with Gasteiger partial charge in [-0.15, -0.1) is 0 Å².